The Bertz CT molecular complexity index is 644. The number of carbonyl (C=O) groups is 1. The molecule has 1 amide bonds. The molecule has 0 fully saturated rings. The highest BCUT2D eigenvalue weighted by Gasteiger charge is 2.05. The van der Waals surface area contributed by atoms with Gasteiger partial charge in [0.2, 0.25) is 5.91 Å². The number of para-hydroxylation sites is 1. The fourth-order valence-electron chi connectivity index (χ4n) is 1.89. The van der Waals surface area contributed by atoms with Gasteiger partial charge >= 0.3 is 0 Å². The first kappa shape index (κ1) is 16.4. The number of benzene rings is 2. The lowest BCUT2D eigenvalue weighted by Gasteiger charge is -2.12. The molecule has 0 bridgehead atoms. The third-order valence-electron chi connectivity index (χ3n) is 2.81. The van der Waals surface area contributed by atoms with Crippen LogP contribution in [0.25, 0.3) is 0 Å². The molecule has 2 rings (SSSR count). The molecule has 0 heterocycles. The van der Waals surface area contributed by atoms with Gasteiger partial charge in [-0.2, -0.15) is 0 Å². The van der Waals surface area contributed by atoms with Gasteiger partial charge in [0, 0.05) is 16.2 Å². The lowest BCUT2D eigenvalue weighted by Crippen LogP contribution is -2.21. The van der Waals surface area contributed by atoms with E-state index in [0.717, 1.165) is 21.6 Å². The van der Waals surface area contributed by atoms with Crippen molar-refractivity contribution < 1.29 is 9.53 Å². The number of nitrogens with one attached hydrogen (secondary N) is 2. The van der Waals surface area contributed by atoms with E-state index in [1.165, 1.54) is 0 Å². The average molecular weight is 363 g/mol. The maximum Gasteiger partial charge on any atom is 0.243 e. The molecule has 0 unspecified atom stereocenters. The molecule has 22 heavy (non-hydrogen) atoms. The summed E-state index contributed by atoms with van der Waals surface area (Å²) in [5.74, 6) is 0.674. The van der Waals surface area contributed by atoms with Crippen molar-refractivity contribution in [2.45, 2.75) is 20.0 Å². The summed E-state index contributed by atoms with van der Waals surface area (Å²) in [7, 11) is 0. The quantitative estimate of drug-likeness (QED) is 0.805. The van der Waals surface area contributed by atoms with Gasteiger partial charge in [-0.3, -0.25) is 4.79 Å². The minimum absolute atomic E-state index is 0.109. The van der Waals surface area contributed by atoms with Crippen molar-refractivity contribution in [3.05, 3.63) is 53.0 Å². The van der Waals surface area contributed by atoms with Crippen molar-refractivity contribution >= 4 is 33.2 Å². The smallest absolute Gasteiger partial charge is 0.243 e. The first-order valence-electron chi connectivity index (χ1n) is 7.09. The zero-order valence-corrected chi connectivity index (χ0v) is 14.2. The van der Waals surface area contributed by atoms with E-state index in [1.807, 2.05) is 62.4 Å². The number of amides is 1. The number of ether oxygens (including phenoxy) is 1. The highest BCUT2D eigenvalue weighted by Crippen LogP contribution is 2.21. The Morgan fingerprint density at radius 1 is 1.18 bits per heavy atom. The second kappa shape index (κ2) is 7.84. The zero-order chi connectivity index (χ0) is 15.9. The van der Waals surface area contributed by atoms with Crippen LogP contribution in [0, 0.1) is 0 Å². The number of hydrogen-bond donors (Lipinski definition) is 2. The summed E-state index contributed by atoms with van der Waals surface area (Å²) in [6.45, 7) is 4.14. The second-order valence-corrected chi connectivity index (χ2v) is 5.93. The van der Waals surface area contributed by atoms with Gasteiger partial charge in [0.1, 0.15) is 5.75 Å². The van der Waals surface area contributed by atoms with Gasteiger partial charge in [-0.1, -0.05) is 18.2 Å². The minimum Gasteiger partial charge on any atom is -0.491 e. The molecule has 116 valence electrons. The van der Waals surface area contributed by atoms with Gasteiger partial charge in [0.25, 0.3) is 0 Å². The molecule has 5 heteroatoms. The van der Waals surface area contributed by atoms with Crippen molar-refractivity contribution in [2.75, 3.05) is 17.2 Å². The summed E-state index contributed by atoms with van der Waals surface area (Å²) >= 11 is 3.40. The first-order chi connectivity index (χ1) is 10.5. The van der Waals surface area contributed by atoms with Crippen LogP contribution in [0.4, 0.5) is 11.4 Å². The Hall–Kier alpha value is -2.01. The predicted octanol–water partition coefficient (Wildman–Crippen LogP) is 4.29. The van der Waals surface area contributed by atoms with Crippen molar-refractivity contribution in [1.29, 1.82) is 0 Å². The van der Waals surface area contributed by atoms with E-state index in [2.05, 4.69) is 26.6 Å². The van der Waals surface area contributed by atoms with Crippen LogP contribution in [-0.4, -0.2) is 18.6 Å². The third-order valence-corrected chi connectivity index (χ3v) is 3.50. The fourth-order valence-corrected chi connectivity index (χ4v) is 2.27. The molecule has 4 nitrogen and oxygen atoms in total. The molecule has 0 aliphatic heterocycles. The normalized spacial score (nSPS) is 10.4. The Labute approximate surface area is 139 Å². The van der Waals surface area contributed by atoms with Crippen molar-refractivity contribution in [1.82, 2.24) is 0 Å². The summed E-state index contributed by atoms with van der Waals surface area (Å²) in [6, 6.07) is 15.1. The Balaban J connectivity index is 1.90. The number of carbonyl (C=O) groups excluding carboxylic acids is 1. The molecule has 0 atom stereocenters. The number of halogens is 1. The molecular weight excluding hydrogens is 344 g/mol. The Kier molecular flexibility index (Phi) is 5.83. The third kappa shape index (κ3) is 5.07. The van der Waals surface area contributed by atoms with E-state index in [9.17, 15) is 4.79 Å². The van der Waals surface area contributed by atoms with Gasteiger partial charge in [0.05, 0.1) is 18.3 Å². The Morgan fingerprint density at radius 2 is 1.95 bits per heavy atom. The molecule has 0 aliphatic rings. The predicted molar refractivity (Wildman–Crippen MR) is 93.5 cm³/mol. The summed E-state index contributed by atoms with van der Waals surface area (Å²) in [5.41, 5.74) is 1.60. The van der Waals surface area contributed by atoms with Gasteiger partial charge in [-0.15, -0.1) is 0 Å². The molecular formula is C17H19BrN2O2. The molecule has 0 saturated heterocycles. The van der Waals surface area contributed by atoms with Gasteiger partial charge in [-0.25, -0.2) is 0 Å². The zero-order valence-electron chi connectivity index (χ0n) is 12.6. The lowest BCUT2D eigenvalue weighted by molar-refractivity contribution is -0.114. The number of hydrogen-bond acceptors (Lipinski definition) is 3. The first-order valence-corrected chi connectivity index (χ1v) is 7.89. The summed E-state index contributed by atoms with van der Waals surface area (Å²) in [5, 5.41) is 5.94. The molecule has 0 spiro atoms. The van der Waals surface area contributed by atoms with Gasteiger partial charge in [0.15, 0.2) is 0 Å². The molecule has 2 N–H and O–H groups in total. The minimum atomic E-state index is -0.109. The van der Waals surface area contributed by atoms with E-state index in [4.69, 9.17) is 4.74 Å². The maximum atomic E-state index is 12.0. The molecule has 0 saturated carbocycles. The van der Waals surface area contributed by atoms with Gasteiger partial charge < -0.3 is 15.4 Å². The number of anilines is 2. The summed E-state index contributed by atoms with van der Waals surface area (Å²) in [6.07, 6.45) is 0.119. The maximum absolute atomic E-state index is 12.0. The van der Waals surface area contributed by atoms with E-state index in [1.54, 1.807) is 0 Å². The van der Waals surface area contributed by atoms with Crippen molar-refractivity contribution in [3.63, 3.8) is 0 Å². The summed E-state index contributed by atoms with van der Waals surface area (Å²) < 4.78 is 6.48. The second-order valence-electron chi connectivity index (χ2n) is 5.08. The highest BCUT2D eigenvalue weighted by atomic mass is 79.9. The molecule has 0 aromatic heterocycles. The SMILES string of the molecule is CC(C)Oc1cccc(NCC(=O)Nc2ccccc2Br)c1. The van der Waals surface area contributed by atoms with E-state index in [-0.39, 0.29) is 18.6 Å². The van der Waals surface area contributed by atoms with Crippen LogP contribution in [0.5, 0.6) is 5.75 Å². The molecule has 2 aromatic rings. The largest absolute Gasteiger partial charge is 0.491 e. The van der Waals surface area contributed by atoms with Crippen LogP contribution < -0.4 is 15.4 Å². The topological polar surface area (TPSA) is 50.4 Å². The highest BCUT2D eigenvalue weighted by molar-refractivity contribution is 9.10. The van der Waals surface area contributed by atoms with Crippen LogP contribution in [0.3, 0.4) is 0 Å². The van der Waals surface area contributed by atoms with Crippen molar-refractivity contribution in [2.24, 2.45) is 0 Å². The standard InChI is InChI=1S/C17H19BrN2O2/c1-12(2)22-14-7-5-6-13(10-14)19-11-17(21)20-16-9-4-3-8-15(16)18/h3-10,12,19H,11H2,1-2H3,(H,20,21). The van der Waals surface area contributed by atoms with Crippen molar-refractivity contribution in [3.8, 4) is 5.75 Å². The van der Waals surface area contributed by atoms with E-state index < -0.39 is 0 Å². The van der Waals surface area contributed by atoms with Gasteiger partial charge in [-0.05, 0) is 54.0 Å². The average Bonchev–Trinajstić information content (AvgIpc) is 2.47. The molecule has 0 radical (unpaired) electrons. The lowest BCUT2D eigenvalue weighted by atomic mass is 10.3. The number of rotatable bonds is 6. The van der Waals surface area contributed by atoms with E-state index in [0.29, 0.717) is 0 Å². The van der Waals surface area contributed by atoms with Crippen LogP contribution in [0.15, 0.2) is 53.0 Å². The van der Waals surface area contributed by atoms with Crippen LogP contribution >= 0.6 is 15.9 Å². The summed E-state index contributed by atoms with van der Waals surface area (Å²) in [4.78, 5) is 12.0. The molecule has 2 aromatic carbocycles. The van der Waals surface area contributed by atoms with E-state index >= 15 is 0 Å². The molecule has 0 aliphatic carbocycles. The van der Waals surface area contributed by atoms with Crippen LogP contribution in [0.2, 0.25) is 0 Å². The van der Waals surface area contributed by atoms with Crippen LogP contribution in [-0.2, 0) is 4.79 Å². The van der Waals surface area contributed by atoms with Crippen LogP contribution in [0.1, 0.15) is 13.8 Å². The fraction of sp³-hybridized carbons (Fsp3) is 0.235. The Morgan fingerprint density at radius 3 is 2.68 bits per heavy atom. The monoisotopic (exact) mass is 362 g/mol.